The van der Waals surface area contributed by atoms with Gasteiger partial charge in [0.2, 0.25) is 0 Å². The summed E-state index contributed by atoms with van der Waals surface area (Å²) in [5, 5.41) is 0. The molecule has 0 aliphatic heterocycles. The first kappa shape index (κ1) is 61.9. The zero-order valence-electron chi connectivity index (χ0n) is 42.7. The van der Waals surface area contributed by atoms with Crippen LogP contribution < -0.4 is 0 Å². The van der Waals surface area contributed by atoms with Crippen molar-refractivity contribution in [3.63, 3.8) is 0 Å². The second-order valence-corrected chi connectivity index (χ2v) is 18.2. The van der Waals surface area contributed by atoms with E-state index in [-0.39, 0.29) is 31.1 Å². The molecule has 0 N–H and O–H groups in total. The van der Waals surface area contributed by atoms with Crippen LogP contribution in [0.25, 0.3) is 0 Å². The number of esters is 3. The Morgan fingerprint density at radius 3 is 1.02 bits per heavy atom. The van der Waals surface area contributed by atoms with Crippen LogP contribution >= 0.6 is 0 Å². The fourth-order valence-electron chi connectivity index (χ4n) is 7.60. The van der Waals surface area contributed by atoms with E-state index in [9.17, 15) is 14.4 Å². The molecule has 6 nitrogen and oxygen atoms in total. The van der Waals surface area contributed by atoms with Crippen molar-refractivity contribution in [1.82, 2.24) is 0 Å². The van der Waals surface area contributed by atoms with Crippen molar-refractivity contribution in [3.8, 4) is 0 Å². The third kappa shape index (κ3) is 51.7. The summed E-state index contributed by atoms with van der Waals surface area (Å²) in [6, 6.07) is 0. The van der Waals surface area contributed by atoms with Crippen LogP contribution in [-0.4, -0.2) is 37.2 Å². The highest BCUT2D eigenvalue weighted by atomic mass is 16.6. The van der Waals surface area contributed by atoms with E-state index in [1.54, 1.807) is 0 Å². The molecule has 0 fully saturated rings. The Labute approximate surface area is 402 Å². The van der Waals surface area contributed by atoms with Crippen LogP contribution in [0.4, 0.5) is 0 Å². The number of ether oxygens (including phenoxy) is 3. The minimum atomic E-state index is -0.788. The van der Waals surface area contributed by atoms with Gasteiger partial charge in [-0.3, -0.25) is 14.4 Å². The zero-order chi connectivity index (χ0) is 47.2. The van der Waals surface area contributed by atoms with E-state index in [0.29, 0.717) is 19.3 Å². The van der Waals surface area contributed by atoms with Gasteiger partial charge in [0.25, 0.3) is 0 Å². The topological polar surface area (TPSA) is 78.9 Å². The molecule has 6 heteroatoms. The molecular weight excluding hydrogens is 805 g/mol. The maximum Gasteiger partial charge on any atom is 0.306 e. The van der Waals surface area contributed by atoms with E-state index in [0.717, 1.165) is 96.3 Å². The Kier molecular flexibility index (Phi) is 50.9. The van der Waals surface area contributed by atoms with Crippen LogP contribution in [0.15, 0.2) is 72.9 Å². The minimum Gasteiger partial charge on any atom is -0.462 e. The highest BCUT2D eigenvalue weighted by molar-refractivity contribution is 5.71. The lowest BCUT2D eigenvalue weighted by atomic mass is 10.0. The van der Waals surface area contributed by atoms with Crippen molar-refractivity contribution in [2.45, 2.75) is 271 Å². The molecule has 0 saturated carbocycles. The highest BCUT2D eigenvalue weighted by Gasteiger charge is 2.19. The number of unbranched alkanes of at least 4 members (excludes halogenated alkanes) is 29. The standard InChI is InChI=1S/C59H102O6/c1-4-7-10-13-16-19-22-25-27-29-31-32-34-37-40-43-46-49-52-58(61)64-55-56(54-63-57(60)51-48-45-42-39-36-24-21-18-15-12-9-6-3)65-59(62)53-50-47-44-41-38-35-33-30-28-26-23-20-17-14-11-8-5-2/h16-17,19-20,22,25-29,31-32,56H,4-15,18,21,23-24,30,33-55H2,1-3H3/b19-16-,20-17-,25-22-,28-26-,29-27-,32-31-. The Balaban J connectivity index is 4.43. The third-order valence-corrected chi connectivity index (χ3v) is 11.8. The predicted octanol–water partition coefficient (Wildman–Crippen LogP) is 18.2. The minimum absolute atomic E-state index is 0.0848. The van der Waals surface area contributed by atoms with E-state index >= 15 is 0 Å². The molecule has 0 aliphatic carbocycles. The van der Waals surface area contributed by atoms with Gasteiger partial charge in [0, 0.05) is 19.3 Å². The first-order chi connectivity index (χ1) is 32.0. The SMILES string of the molecule is CCCCC\C=C/C=C\C=C/C=C\CCCCCCCC(=O)OCC(COC(=O)CCCCCCCCCCCCCC)OC(=O)CCCCCCCCC/C=C\C/C=C\CCCCC. The van der Waals surface area contributed by atoms with Crippen LogP contribution in [0.1, 0.15) is 265 Å². The molecular formula is C59H102O6. The van der Waals surface area contributed by atoms with Crippen LogP contribution in [0.3, 0.4) is 0 Å². The van der Waals surface area contributed by atoms with E-state index in [1.807, 2.05) is 0 Å². The number of hydrogen-bond donors (Lipinski definition) is 0. The Hall–Kier alpha value is -3.15. The fourth-order valence-corrected chi connectivity index (χ4v) is 7.60. The molecule has 0 amide bonds. The Bertz CT molecular complexity index is 1230. The van der Waals surface area contributed by atoms with E-state index in [4.69, 9.17) is 14.2 Å². The van der Waals surface area contributed by atoms with Crippen LogP contribution in [0.2, 0.25) is 0 Å². The summed E-state index contributed by atoms with van der Waals surface area (Å²) in [5.74, 6) is -0.911. The van der Waals surface area contributed by atoms with Crippen LogP contribution in [-0.2, 0) is 28.6 Å². The van der Waals surface area contributed by atoms with Gasteiger partial charge in [-0.25, -0.2) is 0 Å². The summed E-state index contributed by atoms with van der Waals surface area (Å²) in [5.41, 5.74) is 0. The van der Waals surface area contributed by atoms with Gasteiger partial charge in [0.05, 0.1) is 0 Å². The summed E-state index contributed by atoms with van der Waals surface area (Å²) in [6.07, 6.45) is 67.3. The Morgan fingerprint density at radius 2 is 0.615 bits per heavy atom. The van der Waals surface area contributed by atoms with Crippen LogP contribution in [0.5, 0.6) is 0 Å². The number of allylic oxidation sites excluding steroid dienone is 12. The zero-order valence-corrected chi connectivity index (χ0v) is 42.7. The molecule has 0 aromatic heterocycles. The molecule has 1 atom stereocenters. The van der Waals surface area contributed by atoms with Gasteiger partial charge in [-0.1, -0.05) is 241 Å². The highest BCUT2D eigenvalue weighted by Crippen LogP contribution is 2.15. The lowest BCUT2D eigenvalue weighted by Crippen LogP contribution is -2.30. The van der Waals surface area contributed by atoms with Gasteiger partial charge in [-0.05, 0) is 77.0 Å². The maximum atomic E-state index is 12.8. The lowest BCUT2D eigenvalue weighted by molar-refractivity contribution is -0.167. The predicted molar refractivity (Wildman–Crippen MR) is 279 cm³/mol. The molecule has 1 unspecified atom stereocenters. The summed E-state index contributed by atoms with van der Waals surface area (Å²) < 4.78 is 16.8. The molecule has 0 saturated heterocycles. The molecule has 0 aliphatic rings. The largest absolute Gasteiger partial charge is 0.462 e. The first-order valence-electron chi connectivity index (χ1n) is 27.5. The van der Waals surface area contributed by atoms with E-state index in [1.165, 1.54) is 128 Å². The van der Waals surface area contributed by atoms with Gasteiger partial charge < -0.3 is 14.2 Å². The van der Waals surface area contributed by atoms with Gasteiger partial charge in [-0.2, -0.15) is 0 Å². The molecule has 0 heterocycles. The van der Waals surface area contributed by atoms with Gasteiger partial charge in [-0.15, -0.1) is 0 Å². The normalized spacial score (nSPS) is 12.6. The van der Waals surface area contributed by atoms with E-state index in [2.05, 4.69) is 93.7 Å². The van der Waals surface area contributed by atoms with Crippen molar-refractivity contribution in [2.75, 3.05) is 13.2 Å². The van der Waals surface area contributed by atoms with E-state index < -0.39 is 6.10 Å². The van der Waals surface area contributed by atoms with Crippen molar-refractivity contribution >= 4 is 17.9 Å². The molecule has 0 spiro atoms. The fraction of sp³-hybridized carbons (Fsp3) is 0.746. The van der Waals surface area contributed by atoms with Crippen molar-refractivity contribution < 1.29 is 28.6 Å². The summed E-state index contributed by atoms with van der Waals surface area (Å²) >= 11 is 0. The average molecular weight is 907 g/mol. The number of carbonyl (C=O) groups is 3. The number of hydrogen-bond acceptors (Lipinski definition) is 6. The van der Waals surface area contributed by atoms with Gasteiger partial charge in [0.1, 0.15) is 13.2 Å². The molecule has 374 valence electrons. The van der Waals surface area contributed by atoms with Crippen molar-refractivity contribution in [2.24, 2.45) is 0 Å². The van der Waals surface area contributed by atoms with Crippen molar-refractivity contribution in [3.05, 3.63) is 72.9 Å². The molecule has 0 radical (unpaired) electrons. The Morgan fingerprint density at radius 1 is 0.323 bits per heavy atom. The number of carbonyl (C=O) groups excluding carboxylic acids is 3. The second kappa shape index (κ2) is 53.5. The molecule has 0 aromatic rings. The monoisotopic (exact) mass is 907 g/mol. The van der Waals surface area contributed by atoms with Crippen LogP contribution in [0, 0.1) is 0 Å². The molecule has 0 aromatic carbocycles. The first-order valence-corrected chi connectivity index (χ1v) is 27.5. The molecule has 0 rings (SSSR count). The second-order valence-electron chi connectivity index (χ2n) is 18.2. The molecule has 0 bridgehead atoms. The quantitative estimate of drug-likeness (QED) is 0.0199. The summed E-state index contributed by atoms with van der Waals surface area (Å²) in [4.78, 5) is 38.1. The molecule has 65 heavy (non-hydrogen) atoms. The number of rotatable bonds is 49. The lowest BCUT2D eigenvalue weighted by Gasteiger charge is -2.18. The van der Waals surface area contributed by atoms with Gasteiger partial charge in [0.15, 0.2) is 6.10 Å². The third-order valence-electron chi connectivity index (χ3n) is 11.8. The maximum absolute atomic E-state index is 12.8. The summed E-state index contributed by atoms with van der Waals surface area (Å²) in [6.45, 7) is 6.56. The average Bonchev–Trinajstić information content (AvgIpc) is 3.30. The smallest absolute Gasteiger partial charge is 0.306 e. The van der Waals surface area contributed by atoms with Crippen molar-refractivity contribution in [1.29, 1.82) is 0 Å². The van der Waals surface area contributed by atoms with Gasteiger partial charge >= 0.3 is 17.9 Å². The summed E-state index contributed by atoms with van der Waals surface area (Å²) in [7, 11) is 0.